The highest BCUT2D eigenvalue weighted by Gasteiger charge is 2.21. The van der Waals surface area contributed by atoms with E-state index in [1.54, 1.807) is 29.9 Å². The maximum atomic E-state index is 12.1. The average molecular weight is 340 g/mol. The Morgan fingerprint density at radius 1 is 1.45 bits per heavy atom. The standard InChI is InChI=1S/C15H18ClN3O2S/c1-15(21,10-22-2)9-17-14(20)12-7-8-19(18-12)13-6-4-3-5-11(13)16/h3-8,21H,9-10H2,1-2H3,(H,17,20). The number of para-hydroxylation sites is 1. The molecule has 2 N–H and O–H groups in total. The number of rotatable bonds is 6. The van der Waals surface area contributed by atoms with Gasteiger partial charge in [-0.05, 0) is 31.4 Å². The molecule has 22 heavy (non-hydrogen) atoms. The summed E-state index contributed by atoms with van der Waals surface area (Å²) in [6.45, 7) is 1.86. The van der Waals surface area contributed by atoms with E-state index in [0.717, 1.165) is 0 Å². The molecule has 0 bridgehead atoms. The van der Waals surface area contributed by atoms with Crippen LogP contribution < -0.4 is 5.32 Å². The van der Waals surface area contributed by atoms with Gasteiger partial charge in [-0.2, -0.15) is 16.9 Å². The van der Waals surface area contributed by atoms with Gasteiger partial charge in [0, 0.05) is 18.5 Å². The smallest absolute Gasteiger partial charge is 0.271 e. The van der Waals surface area contributed by atoms with Crippen LogP contribution in [0.15, 0.2) is 36.5 Å². The van der Waals surface area contributed by atoms with E-state index in [2.05, 4.69) is 10.4 Å². The Kier molecular flexibility index (Phi) is 5.50. The number of hydrogen-bond acceptors (Lipinski definition) is 4. The first kappa shape index (κ1) is 16.9. The fourth-order valence-electron chi connectivity index (χ4n) is 1.94. The van der Waals surface area contributed by atoms with Gasteiger partial charge in [0.05, 0.1) is 16.3 Å². The maximum absolute atomic E-state index is 12.1. The Labute approximate surface area is 138 Å². The zero-order valence-corrected chi connectivity index (χ0v) is 14.0. The summed E-state index contributed by atoms with van der Waals surface area (Å²) in [5, 5.41) is 17.5. The van der Waals surface area contributed by atoms with E-state index >= 15 is 0 Å². The van der Waals surface area contributed by atoms with E-state index in [1.807, 2.05) is 24.5 Å². The lowest BCUT2D eigenvalue weighted by molar-refractivity contribution is 0.0722. The molecule has 7 heteroatoms. The zero-order valence-electron chi connectivity index (χ0n) is 12.4. The number of benzene rings is 1. The first-order valence-electron chi connectivity index (χ1n) is 6.73. The predicted octanol–water partition coefficient (Wildman–Crippen LogP) is 2.37. The quantitative estimate of drug-likeness (QED) is 0.848. The summed E-state index contributed by atoms with van der Waals surface area (Å²) in [4.78, 5) is 12.1. The summed E-state index contributed by atoms with van der Waals surface area (Å²) in [6.07, 6.45) is 3.58. The van der Waals surface area contributed by atoms with Crippen LogP contribution in [0.4, 0.5) is 0 Å². The molecule has 0 spiro atoms. The molecule has 1 heterocycles. The Morgan fingerprint density at radius 3 is 2.86 bits per heavy atom. The van der Waals surface area contributed by atoms with Gasteiger partial charge in [0.1, 0.15) is 0 Å². The number of aromatic nitrogens is 2. The zero-order chi connectivity index (χ0) is 16.2. The van der Waals surface area contributed by atoms with Gasteiger partial charge < -0.3 is 10.4 Å². The van der Waals surface area contributed by atoms with Crippen LogP contribution in [-0.4, -0.2) is 44.9 Å². The minimum Gasteiger partial charge on any atom is -0.387 e. The van der Waals surface area contributed by atoms with E-state index in [-0.39, 0.29) is 18.1 Å². The maximum Gasteiger partial charge on any atom is 0.271 e. The third-order valence-electron chi connectivity index (χ3n) is 3.01. The van der Waals surface area contributed by atoms with Crippen LogP contribution in [0.25, 0.3) is 5.69 Å². The number of nitrogens with zero attached hydrogens (tertiary/aromatic N) is 2. The molecule has 0 saturated heterocycles. The Hall–Kier alpha value is -1.50. The van der Waals surface area contributed by atoms with E-state index < -0.39 is 5.60 Å². The van der Waals surface area contributed by atoms with Crippen LogP contribution in [0, 0.1) is 0 Å². The number of halogens is 1. The van der Waals surface area contributed by atoms with E-state index in [9.17, 15) is 9.90 Å². The number of carbonyl (C=O) groups is 1. The molecule has 1 aromatic heterocycles. The number of aliphatic hydroxyl groups is 1. The lowest BCUT2D eigenvalue weighted by Crippen LogP contribution is -2.42. The van der Waals surface area contributed by atoms with Crippen molar-refractivity contribution < 1.29 is 9.90 Å². The Bertz CT molecular complexity index is 658. The molecule has 1 unspecified atom stereocenters. The summed E-state index contributed by atoms with van der Waals surface area (Å²) in [7, 11) is 0. The van der Waals surface area contributed by atoms with Crippen molar-refractivity contribution in [1.29, 1.82) is 0 Å². The van der Waals surface area contributed by atoms with Gasteiger partial charge >= 0.3 is 0 Å². The second-order valence-corrected chi connectivity index (χ2v) is 6.48. The fraction of sp³-hybridized carbons (Fsp3) is 0.333. The second kappa shape index (κ2) is 7.17. The van der Waals surface area contributed by atoms with Crippen molar-refractivity contribution in [2.75, 3.05) is 18.6 Å². The van der Waals surface area contributed by atoms with Gasteiger partial charge in [0.25, 0.3) is 5.91 Å². The second-order valence-electron chi connectivity index (χ2n) is 5.21. The molecule has 0 radical (unpaired) electrons. The topological polar surface area (TPSA) is 67.2 Å². The van der Waals surface area contributed by atoms with Crippen LogP contribution in [0.2, 0.25) is 5.02 Å². The number of amides is 1. The van der Waals surface area contributed by atoms with Crippen LogP contribution in [0.5, 0.6) is 0 Å². The molecule has 0 aliphatic rings. The van der Waals surface area contributed by atoms with Gasteiger partial charge in [0.2, 0.25) is 0 Å². The van der Waals surface area contributed by atoms with E-state index in [4.69, 9.17) is 11.6 Å². The summed E-state index contributed by atoms with van der Waals surface area (Å²) < 4.78 is 1.55. The highest BCUT2D eigenvalue weighted by atomic mass is 35.5. The lowest BCUT2D eigenvalue weighted by Gasteiger charge is -2.22. The van der Waals surface area contributed by atoms with Crippen molar-refractivity contribution in [3.8, 4) is 5.69 Å². The molecular formula is C15H18ClN3O2S. The monoisotopic (exact) mass is 339 g/mol. The van der Waals surface area contributed by atoms with E-state index in [1.165, 1.54) is 11.8 Å². The molecule has 1 aromatic carbocycles. The Morgan fingerprint density at radius 2 is 2.18 bits per heavy atom. The van der Waals surface area contributed by atoms with Crippen molar-refractivity contribution in [3.05, 3.63) is 47.2 Å². The molecule has 118 valence electrons. The minimum atomic E-state index is -0.944. The van der Waals surface area contributed by atoms with Gasteiger partial charge in [-0.25, -0.2) is 4.68 Å². The third kappa shape index (κ3) is 4.25. The average Bonchev–Trinajstić information content (AvgIpc) is 2.95. The van der Waals surface area contributed by atoms with Crippen LogP contribution in [0.3, 0.4) is 0 Å². The van der Waals surface area contributed by atoms with Crippen LogP contribution in [0.1, 0.15) is 17.4 Å². The highest BCUT2D eigenvalue weighted by Crippen LogP contribution is 2.19. The molecule has 1 atom stereocenters. The number of hydrogen-bond donors (Lipinski definition) is 2. The van der Waals surface area contributed by atoms with Crippen molar-refractivity contribution in [1.82, 2.24) is 15.1 Å². The highest BCUT2D eigenvalue weighted by molar-refractivity contribution is 7.98. The summed E-state index contributed by atoms with van der Waals surface area (Å²) in [6, 6.07) is 8.87. The minimum absolute atomic E-state index is 0.172. The molecule has 2 aromatic rings. The molecule has 0 aliphatic heterocycles. The molecular weight excluding hydrogens is 322 g/mol. The lowest BCUT2D eigenvalue weighted by atomic mass is 10.1. The molecule has 0 fully saturated rings. The summed E-state index contributed by atoms with van der Waals surface area (Å²) in [5.41, 5.74) is 0.0397. The predicted molar refractivity (Wildman–Crippen MR) is 89.9 cm³/mol. The first-order valence-corrected chi connectivity index (χ1v) is 8.50. The summed E-state index contributed by atoms with van der Waals surface area (Å²) >= 11 is 7.63. The normalized spacial score (nSPS) is 13.6. The molecule has 0 aliphatic carbocycles. The Balaban J connectivity index is 2.05. The van der Waals surface area contributed by atoms with Crippen LogP contribution in [-0.2, 0) is 0 Å². The number of nitrogens with one attached hydrogen (secondary N) is 1. The van der Waals surface area contributed by atoms with Crippen molar-refractivity contribution >= 4 is 29.3 Å². The van der Waals surface area contributed by atoms with Gasteiger partial charge in [0.15, 0.2) is 5.69 Å². The van der Waals surface area contributed by atoms with E-state index in [0.29, 0.717) is 16.5 Å². The molecule has 2 rings (SSSR count). The summed E-state index contributed by atoms with van der Waals surface area (Å²) in [5.74, 6) is 0.216. The van der Waals surface area contributed by atoms with Crippen molar-refractivity contribution in [3.63, 3.8) is 0 Å². The molecule has 1 amide bonds. The van der Waals surface area contributed by atoms with Crippen LogP contribution >= 0.6 is 23.4 Å². The molecule has 5 nitrogen and oxygen atoms in total. The molecule has 0 saturated carbocycles. The van der Waals surface area contributed by atoms with Gasteiger partial charge in [-0.15, -0.1) is 0 Å². The third-order valence-corrected chi connectivity index (χ3v) is 4.24. The largest absolute Gasteiger partial charge is 0.387 e. The van der Waals surface area contributed by atoms with Crippen molar-refractivity contribution in [2.24, 2.45) is 0 Å². The van der Waals surface area contributed by atoms with Gasteiger partial charge in [-0.3, -0.25) is 4.79 Å². The first-order chi connectivity index (χ1) is 10.4. The van der Waals surface area contributed by atoms with Crippen molar-refractivity contribution in [2.45, 2.75) is 12.5 Å². The van der Waals surface area contributed by atoms with Gasteiger partial charge in [-0.1, -0.05) is 23.7 Å². The number of carbonyl (C=O) groups excluding carboxylic acids is 1. The SMILES string of the molecule is CSCC(C)(O)CNC(=O)c1ccn(-c2ccccc2Cl)n1. The fourth-order valence-corrected chi connectivity index (χ4v) is 2.89. The number of thioether (sulfide) groups is 1.